The van der Waals surface area contributed by atoms with E-state index in [9.17, 15) is 0 Å². The van der Waals surface area contributed by atoms with Gasteiger partial charge in [0.05, 0.1) is 12.2 Å². The lowest BCUT2D eigenvalue weighted by Crippen LogP contribution is -2.39. The lowest BCUT2D eigenvalue weighted by molar-refractivity contribution is 0.109. The van der Waals surface area contributed by atoms with Crippen molar-refractivity contribution in [3.63, 3.8) is 0 Å². The highest BCUT2D eigenvalue weighted by atomic mass is 35.5. The zero-order valence-corrected chi connectivity index (χ0v) is 10.3. The minimum Gasteiger partial charge on any atom is -0.383 e. The maximum atomic E-state index is 5.98. The number of ether oxygens (including phenoxy) is 1. The van der Waals surface area contributed by atoms with Crippen molar-refractivity contribution in [2.45, 2.75) is 6.17 Å². The predicted molar refractivity (Wildman–Crippen MR) is 64.6 cm³/mol. The number of nitrogens with one attached hydrogen (secondary N) is 1. The summed E-state index contributed by atoms with van der Waals surface area (Å²) in [7, 11) is 3.47. The first-order valence-electron chi connectivity index (χ1n) is 4.96. The van der Waals surface area contributed by atoms with Gasteiger partial charge in [-0.25, -0.2) is 15.0 Å². The van der Waals surface area contributed by atoms with Gasteiger partial charge in [-0.2, -0.15) is 5.01 Å². The highest BCUT2D eigenvalue weighted by molar-refractivity contribution is 6.33. The Morgan fingerprint density at radius 1 is 1.59 bits per heavy atom. The first-order chi connectivity index (χ1) is 8.13. The van der Waals surface area contributed by atoms with E-state index in [0.29, 0.717) is 23.8 Å². The van der Waals surface area contributed by atoms with Gasteiger partial charge in [0, 0.05) is 14.2 Å². The summed E-state index contributed by atoms with van der Waals surface area (Å²) in [5, 5.41) is 2.08. The normalized spacial score (nSPS) is 20.2. The van der Waals surface area contributed by atoms with Crippen LogP contribution >= 0.6 is 11.6 Å². The molecule has 2 heterocycles. The van der Waals surface area contributed by atoms with Crippen molar-refractivity contribution in [1.29, 1.82) is 0 Å². The average molecular weight is 257 g/mol. The molecule has 92 valence electrons. The number of hydrogen-bond acceptors (Lipinski definition) is 7. The molecular formula is C9H13ClN6O. The lowest BCUT2D eigenvalue weighted by Gasteiger charge is -2.16. The molecule has 1 aliphatic heterocycles. The number of nitrogen functional groups attached to an aromatic ring is 1. The molecular weight excluding hydrogens is 244 g/mol. The largest absolute Gasteiger partial charge is 0.383 e. The maximum Gasteiger partial charge on any atom is 0.151 e. The second kappa shape index (κ2) is 4.82. The van der Waals surface area contributed by atoms with Crippen molar-refractivity contribution in [3.8, 4) is 0 Å². The van der Waals surface area contributed by atoms with Gasteiger partial charge in [-0.1, -0.05) is 11.6 Å². The topological polar surface area (TPSA) is 88.7 Å². The lowest BCUT2D eigenvalue weighted by atomic mass is 10.3. The minimum absolute atomic E-state index is 0.120. The van der Waals surface area contributed by atoms with Gasteiger partial charge in [-0.05, 0) is 0 Å². The quantitative estimate of drug-likeness (QED) is 0.733. The van der Waals surface area contributed by atoms with Crippen LogP contribution in [0, 0.1) is 0 Å². The fourth-order valence-electron chi connectivity index (χ4n) is 1.52. The van der Waals surface area contributed by atoms with E-state index in [2.05, 4.69) is 20.4 Å². The Bertz CT molecular complexity index is 431. The molecule has 2 rings (SSSR count). The summed E-state index contributed by atoms with van der Waals surface area (Å²) in [5.74, 6) is 0.848. The van der Waals surface area contributed by atoms with E-state index in [-0.39, 0.29) is 11.3 Å². The van der Waals surface area contributed by atoms with Gasteiger partial charge in [-0.3, -0.25) is 0 Å². The molecule has 0 amide bonds. The van der Waals surface area contributed by atoms with E-state index in [1.807, 2.05) is 12.1 Å². The van der Waals surface area contributed by atoms with E-state index in [1.54, 1.807) is 7.11 Å². The molecule has 3 N–H and O–H groups in total. The van der Waals surface area contributed by atoms with Crippen LogP contribution in [0.25, 0.3) is 0 Å². The van der Waals surface area contributed by atoms with Crippen LogP contribution < -0.4 is 11.2 Å². The molecule has 7 nitrogen and oxygen atoms in total. The number of nitrogens with zero attached hydrogens (tertiary/aromatic N) is 4. The summed E-state index contributed by atoms with van der Waals surface area (Å²) in [6.07, 6.45) is 1.19. The summed E-state index contributed by atoms with van der Waals surface area (Å²) in [5.41, 5.74) is 9.32. The third kappa shape index (κ3) is 2.31. The molecule has 1 unspecified atom stereocenters. The number of halogens is 1. The number of anilines is 1. The minimum atomic E-state index is -0.120. The fraction of sp³-hybridized carbons (Fsp3) is 0.444. The number of likely N-dealkylation sites (N-methyl/N-ethyl adjacent to an activating group) is 1. The number of methoxy groups -OCH3 is 1. The number of rotatable bonds is 3. The summed E-state index contributed by atoms with van der Waals surface area (Å²) >= 11 is 5.98. The fourth-order valence-corrected chi connectivity index (χ4v) is 1.75. The van der Waals surface area contributed by atoms with Crippen LogP contribution in [0.4, 0.5) is 5.82 Å². The summed E-state index contributed by atoms with van der Waals surface area (Å²) < 4.78 is 5.06. The Kier molecular flexibility index (Phi) is 3.41. The van der Waals surface area contributed by atoms with Crippen molar-refractivity contribution in [2.24, 2.45) is 4.99 Å². The number of hydrazine groups is 1. The highest BCUT2D eigenvalue weighted by Crippen LogP contribution is 2.20. The molecule has 1 atom stereocenters. The number of aromatic nitrogens is 2. The van der Waals surface area contributed by atoms with Crippen LogP contribution in [-0.2, 0) is 4.74 Å². The molecule has 0 radical (unpaired) electrons. The van der Waals surface area contributed by atoms with Crippen molar-refractivity contribution >= 4 is 23.3 Å². The third-order valence-corrected chi connectivity index (χ3v) is 2.68. The Balaban J connectivity index is 2.32. The smallest absolute Gasteiger partial charge is 0.151 e. The SMILES string of the molecule is COCC1N=C(c2c(N)ncnc2Cl)NN1C. The molecule has 1 aromatic rings. The highest BCUT2D eigenvalue weighted by Gasteiger charge is 2.26. The molecule has 0 aliphatic carbocycles. The van der Waals surface area contributed by atoms with E-state index in [1.165, 1.54) is 6.33 Å². The molecule has 8 heteroatoms. The molecule has 0 fully saturated rings. The Hall–Kier alpha value is -1.44. The zero-order valence-electron chi connectivity index (χ0n) is 9.51. The monoisotopic (exact) mass is 256 g/mol. The first-order valence-corrected chi connectivity index (χ1v) is 5.34. The van der Waals surface area contributed by atoms with Crippen LogP contribution in [0.2, 0.25) is 5.15 Å². The van der Waals surface area contributed by atoms with Crippen molar-refractivity contribution in [1.82, 2.24) is 20.4 Å². The molecule has 0 saturated heterocycles. The molecule has 0 spiro atoms. The van der Waals surface area contributed by atoms with Gasteiger partial charge >= 0.3 is 0 Å². The van der Waals surface area contributed by atoms with E-state index in [4.69, 9.17) is 22.1 Å². The molecule has 1 aromatic heterocycles. The molecule has 1 aliphatic rings. The van der Waals surface area contributed by atoms with Gasteiger partial charge in [0.1, 0.15) is 23.5 Å². The van der Waals surface area contributed by atoms with Crippen molar-refractivity contribution in [2.75, 3.05) is 26.5 Å². The molecule has 17 heavy (non-hydrogen) atoms. The standard InChI is InChI=1S/C9H13ClN6O/c1-16-5(3-17-2)14-9(15-16)6-7(10)12-4-13-8(6)11/h4-5H,3H2,1-2H3,(H,14,15)(H2,11,12,13). The Morgan fingerprint density at radius 2 is 2.35 bits per heavy atom. The van der Waals surface area contributed by atoms with Crippen LogP contribution in [0.1, 0.15) is 5.56 Å². The van der Waals surface area contributed by atoms with E-state index >= 15 is 0 Å². The van der Waals surface area contributed by atoms with Gasteiger partial charge in [0.25, 0.3) is 0 Å². The van der Waals surface area contributed by atoms with Crippen LogP contribution in [0.5, 0.6) is 0 Å². The van der Waals surface area contributed by atoms with Gasteiger partial charge in [-0.15, -0.1) is 0 Å². The van der Waals surface area contributed by atoms with Gasteiger partial charge in [0.2, 0.25) is 0 Å². The van der Waals surface area contributed by atoms with Crippen molar-refractivity contribution < 1.29 is 4.74 Å². The summed E-state index contributed by atoms with van der Waals surface area (Å²) in [6.45, 7) is 0.470. The molecule has 0 aromatic carbocycles. The zero-order chi connectivity index (χ0) is 12.4. The number of aliphatic imine (C=N–C) groups is 1. The average Bonchev–Trinajstić information content (AvgIpc) is 2.60. The van der Waals surface area contributed by atoms with Gasteiger partial charge < -0.3 is 15.9 Å². The predicted octanol–water partition coefficient (Wildman–Crippen LogP) is -0.119. The summed E-state index contributed by atoms with van der Waals surface area (Å²) in [4.78, 5) is 12.2. The van der Waals surface area contributed by atoms with Gasteiger partial charge in [0.15, 0.2) is 5.84 Å². The summed E-state index contributed by atoms with van der Waals surface area (Å²) in [6, 6.07) is 0. The number of nitrogens with two attached hydrogens (primary N) is 1. The van der Waals surface area contributed by atoms with Crippen LogP contribution in [-0.4, -0.2) is 47.7 Å². The maximum absolute atomic E-state index is 5.98. The molecule has 0 bridgehead atoms. The Labute approximate surface area is 104 Å². The van der Waals surface area contributed by atoms with Crippen LogP contribution in [0.3, 0.4) is 0 Å². The first kappa shape index (κ1) is 12.0. The van der Waals surface area contributed by atoms with E-state index < -0.39 is 0 Å². The number of hydrogen-bond donors (Lipinski definition) is 2. The Morgan fingerprint density at radius 3 is 3.00 bits per heavy atom. The second-order valence-electron chi connectivity index (χ2n) is 3.56. The second-order valence-corrected chi connectivity index (χ2v) is 3.92. The van der Waals surface area contributed by atoms with Crippen molar-refractivity contribution in [3.05, 3.63) is 17.0 Å². The van der Waals surface area contributed by atoms with E-state index in [0.717, 1.165) is 0 Å². The molecule has 0 saturated carbocycles. The van der Waals surface area contributed by atoms with Crippen LogP contribution in [0.15, 0.2) is 11.3 Å². The number of amidine groups is 1. The third-order valence-electron chi connectivity index (χ3n) is 2.39.